The molecule has 0 heterocycles. The normalized spacial score (nSPS) is 13.8. The third-order valence-electron chi connectivity index (χ3n) is 6.37. The Kier molecular flexibility index (Phi) is 26.1. The van der Waals surface area contributed by atoms with Crippen LogP contribution in [-0.4, -0.2) is 34.9 Å². The van der Waals surface area contributed by atoms with Crippen LogP contribution >= 0.6 is 0 Å². The Morgan fingerprint density at radius 3 is 1.77 bits per heavy atom. The topological polar surface area (TPSA) is 69.6 Å². The van der Waals surface area contributed by atoms with Crippen LogP contribution in [0.25, 0.3) is 0 Å². The fourth-order valence-corrected chi connectivity index (χ4v) is 4.03. The molecular formula is C31H57NO3. The van der Waals surface area contributed by atoms with E-state index >= 15 is 0 Å². The predicted molar refractivity (Wildman–Crippen MR) is 152 cm³/mol. The summed E-state index contributed by atoms with van der Waals surface area (Å²) in [6, 6.07) is -0.620. The van der Waals surface area contributed by atoms with Crippen LogP contribution in [0.5, 0.6) is 0 Å². The molecule has 3 N–H and O–H groups in total. The lowest BCUT2D eigenvalue weighted by molar-refractivity contribution is -0.123. The van der Waals surface area contributed by atoms with Gasteiger partial charge in [0.25, 0.3) is 0 Å². The van der Waals surface area contributed by atoms with Crippen molar-refractivity contribution in [1.82, 2.24) is 5.32 Å². The highest BCUT2D eigenvalue weighted by Crippen LogP contribution is 2.11. The molecule has 35 heavy (non-hydrogen) atoms. The van der Waals surface area contributed by atoms with Gasteiger partial charge in [-0.25, -0.2) is 0 Å². The molecule has 0 bridgehead atoms. The van der Waals surface area contributed by atoms with Crippen LogP contribution in [0.3, 0.4) is 0 Å². The molecule has 0 spiro atoms. The minimum absolute atomic E-state index is 0.0814. The van der Waals surface area contributed by atoms with E-state index in [4.69, 9.17) is 0 Å². The smallest absolute Gasteiger partial charge is 0.220 e. The van der Waals surface area contributed by atoms with Gasteiger partial charge in [0.2, 0.25) is 5.91 Å². The van der Waals surface area contributed by atoms with Gasteiger partial charge in [-0.15, -0.1) is 0 Å². The molecule has 0 aromatic heterocycles. The molecule has 0 saturated heterocycles. The highest BCUT2D eigenvalue weighted by molar-refractivity contribution is 5.76. The van der Waals surface area contributed by atoms with Gasteiger partial charge in [-0.2, -0.15) is 0 Å². The van der Waals surface area contributed by atoms with Gasteiger partial charge in [0.05, 0.1) is 18.8 Å². The first kappa shape index (κ1) is 33.6. The van der Waals surface area contributed by atoms with Gasteiger partial charge >= 0.3 is 0 Å². The molecule has 0 saturated carbocycles. The fraction of sp³-hybridized carbons (Fsp3) is 0.774. The van der Waals surface area contributed by atoms with Gasteiger partial charge in [0.1, 0.15) is 0 Å². The lowest BCUT2D eigenvalue weighted by atomic mass is 10.1. The van der Waals surface area contributed by atoms with Crippen molar-refractivity contribution in [2.75, 3.05) is 6.61 Å². The molecule has 4 heteroatoms. The molecule has 0 fully saturated rings. The largest absolute Gasteiger partial charge is 0.394 e. The van der Waals surface area contributed by atoms with E-state index in [-0.39, 0.29) is 12.5 Å². The fourth-order valence-electron chi connectivity index (χ4n) is 4.03. The van der Waals surface area contributed by atoms with Crippen LogP contribution in [0, 0.1) is 0 Å². The molecule has 0 aromatic carbocycles. The Bertz CT molecular complexity index is 541. The summed E-state index contributed by atoms with van der Waals surface area (Å²) in [6.45, 7) is 4.18. The van der Waals surface area contributed by atoms with Crippen molar-refractivity contribution < 1.29 is 15.0 Å². The number of unbranched alkanes of at least 4 members (excludes halogenated alkanes) is 14. The van der Waals surface area contributed by atoms with Gasteiger partial charge in [-0.05, 0) is 51.4 Å². The number of allylic oxidation sites excluding steroid dienone is 5. The molecule has 0 aromatic rings. The van der Waals surface area contributed by atoms with Crippen molar-refractivity contribution in [3.8, 4) is 0 Å². The van der Waals surface area contributed by atoms with Crippen LogP contribution in [0.2, 0.25) is 0 Å². The maximum atomic E-state index is 12.2. The zero-order valence-corrected chi connectivity index (χ0v) is 23.1. The van der Waals surface area contributed by atoms with Gasteiger partial charge in [-0.1, -0.05) is 115 Å². The van der Waals surface area contributed by atoms with Crippen molar-refractivity contribution in [1.29, 1.82) is 0 Å². The van der Waals surface area contributed by atoms with Crippen LogP contribution in [0.15, 0.2) is 36.5 Å². The third kappa shape index (κ3) is 24.1. The van der Waals surface area contributed by atoms with Crippen molar-refractivity contribution in [2.24, 2.45) is 0 Å². The summed E-state index contributed by atoms with van der Waals surface area (Å²) in [7, 11) is 0. The second-order valence-corrected chi connectivity index (χ2v) is 9.81. The molecular weight excluding hydrogens is 434 g/mol. The van der Waals surface area contributed by atoms with E-state index in [1.807, 2.05) is 6.08 Å². The molecule has 0 aliphatic carbocycles. The standard InChI is InChI=1S/C31H57NO3/c1-3-5-7-9-11-12-13-14-15-16-17-18-19-20-21-23-25-27-31(35)32-29(28-33)30(34)26-24-22-10-8-6-4-2/h11-12,14-15,24,26,29-30,33-34H,3-10,13,16-23,25,27-28H2,1-2H3,(H,32,35)/b12-11-,15-14-,26-24+. The van der Waals surface area contributed by atoms with Crippen molar-refractivity contribution in [3.63, 3.8) is 0 Å². The zero-order chi connectivity index (χ0) is 25.8. The quantitative estimate of drug-likeness (QED) is 0.0896. The maximum Gasteiger partial charge on any atom is 0.220 e. The van der Waals surface area contributed by atoms with E-state index in [1.165, 1.54) is 83.5 Å². The predicted octanol–water partition coefficient (Wildman–Crippen LogP) is 7.94. The highest BCUT2D eigenvalue weighted by Gasteiger charge is 2.17. The van der Waals surface area contributed by atoms with Gasteiger partial charge < -0.3 is 15.5 Å². The lowest BCUT2D eigenvalue weighted by Crippen LogP contribution is -2.45. The molecule has 204 valence electrons. The van der Waals surface area contributed by atoms with Crippen LogP contribution in [-0.2, 0) is 4.79 Å². The number of nitrogens with one attached hydrogen (secondary N) is 1. The number of rotatable bonds is 25. The highest BCUT2D eigenvalue weighted by atomic mass is 16.3. The monoisotopic (exact) mass is 491 g/mol. The first-order valence-corrected chi connectivity index (χ1v) is 14.7. The Labute approximate surface area is 217 Å². The summed E-state index contributed by atoms with van der Waals surface area (Å²) in [4.78, 5) is 12.2. The Morgan fingerprint density at radius 2 is 1.17 bits per heavy atom. The number of amides is 1. The third-order valence-corrected chi connectivity index (χ3v) is 6.37. The average molecular weight is 492 g/mol. The summed E-state index contributed by atoms with van der Waals surface area (Å²) in [6.07, 6.45) is 33.7. The van der Waals surface area contributed by atoms with Crippen LogP contribution < -0.4 is 5.32 Å². The minimum atomic E-state index is -0.836. The van der Waals surface area contributed by atoms with E-state index in [0.29, 0.717) is 6.42 Å². The minimum Gasteiger partial charge on any atom is -0.394 e. The second-order valence-electron chi connectivity index (χ2n) is 9.81. The molecule has 2 atom stereocenters. The Hall–Kier alpha value is -1.39. The SMILES string of the molecule is CCCCC/C=C\C/C=C\CCCCCCCCCC(=O)NC(CO)C(O)/C=C/CCCCCC. The van der Waals surface area contributed by atoms with Crippen molar-refractivity contribution in [2.45, 2.75) is 148 Å². The molecule has 0 rings (SSSR count). The number of hydrogen-bond donors (Lipinski definition) is 3. The first-order chi connectivity index (χ1) is 17.2. The van der Waals surface area contributed by atoms with Crippen LogP contribution in [0.4, 0.5) is 0 Å². The van der Waals surface area contributed by atoms with Gasteiger partial charge in [0.15, 0.2) is 0 Å². The maximum absolute atomic E-state index is 12.2. The van der Waals surface area contributed by atoms with E-state index in [0.717, 1.165) is 32.1 Å². The molecule has 0 aliphatic heterocycles. The van der Waals surface area contributed by atoms with Crippen LogP contribution in [0.1, 0.15) is 136 Å². The number of aliphatic hydroxyl groups excluding tert-OH is 2. The van der Waals surface area contributed by atoms with E-state index < -0.39 is 12.1 Å². The van der Waals surface area contributed by atoms with Crippen molar-refractivity contribution >= 4 is 5.91 Å². The summed E-state index contributed by atoms with van der Waals surface area (Å²) in [5, 5.41) is 22.5. The lowest BCUT2D eigenvalue weighted by Gasteiger charge is -2.20. The van der Waals surface area contributed by atoms with E-state index in [2.05, 4.69) is 43.5 Å². The summed E-state index contributed by atoms with van der Waals surface area (Å²) in [5.41, 5.74) is 0. The zero-order valence-electron chi connectivity index (χ0n) is 23.1. The summed E-state index contributed by atoms with van der Waals surface area (Å²) >= 11 is 0. The Morgan fingerprint density at radius 1 is 0.686 bits per heavy atom. The molecule has 0 radical (unpaired) electrons. The molecule has 0 aliphatic rings. The number of aliphatic hydroxyl groups is 2. The van der Waals surface area contributed by atoms with Crippen molar-refractivity contribution in [3.05, 3.63) is 36.5 Å². The van der Waals surface area contributed by atoms with E-state index in [1.54, 1.807) is 6.08 Å². The number of hydrogen-bond acceptors (Lipinski definition) is 3. The molecule has 1 amide bonds. The number of carbonyl (C=O) groups excluding carboxylic acids is 1. The average Bonchev–Trinajstić information content (AvgIpc) is 2.86. The summed E-state index contributed by atoms with van der Waals surface area (Å²) < 4.78 is 0. The Balaban J connectivity index is 3.64. The van der Waals surface area contributed by atoms with Gasteiger partial charge in [-0.3, -0.25) is 4.79 Å². The molecule has 4 nitrogen and oxygen atoms in total. The van der Waals surface area contributed by atoms with Gasteiger partial charge in [0, 0.05) is 6.42 Å². The number of carbonyl (C=O) groups is 1. The summed E-state index contributed by atoms with van der Waals surface area (Å²) in [5.74, 6) is -0.0814. The first-order valence-electron chi connectivity index (χ1n) is 14.7. The second kappa shape index (κ2) is 27.2. The molecule has 2 unspecified atom stereocenters. The van der Waals surface area contributed by atoms with E-state index in [9.17, 15) is 15.0 Å².